The fourth-order valence-corrected chi connectivity index (χ4v) is 1.41. The van der Waals surface area contributed by atoms with Crippen molar-refractivity contribution in [2.45, 2.75) is 0 Å². The molecule has 0 aliphatic carbocycles. The van der Waals surface area contributed by atoms with E-state index in [-0.39, 0.29) is 17.1 Å². The zero-order chi connectivity index (χ0) is 12.1. The van der Waals surface area contributed by atoms with Crippen molar-refractivity contribution in [1.29, 1.82) is 0 Å². The Labute approximate surface area is 103 Å². The molecule has 0 saturated heterocycles. The summed E-state index contributed by atoms with van der Waals surface area (Å²) < 4.78 is 0.502. The molecule has 0 aromatic heterocycles. The standard InChI is InChI=1S/C13H11BrO2/c1-9(14)8-12(10(2)15)13(16)11-6-4-3-5-7-11/h3-8,15H,1-2H2/b12-8+. The average Bonchev–Trinajstić information content (AvgIpc) is 2.25. The van der Waals surface area contributed by atoms with Gasteiger partial charge in [-0.05, 0) is 6.08 Å². The summed E-state index contributed by atoms with van der Waals surface area (Å²) in [7, 11) is 0. The van der Waals surface area contributed by atoms with Crippen molar-refractivity contribution in [3.63, 3.8) is 0 Å². The van der Waals surface area contributed by atoms with Crippen LogP contribution in [0.5, 0.6) is 0 Å². The molecule has 0 unspecified atom stereocenters. The molecule has 0 heterocycles. The fraction of sp³-hybridized carbons (Fsp3) is 0. The lowest BCUT2D eigenvalue weighted by molar-refractivity contribution is 0.103. The highest BCUT2D eigenvalue weighted by Gasteiger charge is 2.14. The van der Waals surface area contributed by atoms with Crippen LogP contribution in [0.15, 0.2) is 65.4 Å². The van der Waals surface area contributed by atoms with Crippen LogP contribution in [0.1, 0.15) is 10.4 Å². The van der Waals surface area contributed by atoms with E-state index in [2.05, 4.69) is 29.1 Å². The number of Topliss-reactive ketones (excluding diaryl/α,β-unsaturated/α-hetero) is 1. The maximum absolute atomic E-state index is 12.0. The Bertz CT molecular complexity index is 458. The van der Waals surface area contributed by atoms with Crippen LogP contribution in [0.25, 0.3) is 0 Å². The maximum atomic E-state index is 12.0. The highest BCUT2D eigenvalue weighted by Crippen LogP contribution is 2.17. The Morgan fingerprint density at radius 1 is 1.25 bits per heavy atom. The first-order chi connectivity index (χ1) is 7.52. The van der Waals surface area contributed by atoms with Crippen LogP contribution >= 0.6 is 15.9 Å². The number of halogens is 1. The van der Waals surface area contributed by atoms with Crippen LogP contribution in [-0.4, -0.2) is 10.9 Å². The van der Waals surface area contributed by atoms with Crippen LogP contribution in [0.4, 0.5) is 0 Å². The first kappa shape index (κ1) is 12.5. The Hall–Kier alpha value is -1.61. The number of hydrogen-bond acceptors (Lipinski definition) is 2. The predicted molar refractivity (Wildman–Crippen MR) is 68.7 cm³/mol. The van der Waals surface area contributed by atoms with E-state index in [1.54, 1.807) is 24.3 Å². The molecule has 0 saturated carbocycles. The van der Waals surface area contributed by atoms with E-state index >= 15 is 0 Å². The topological polar surface area (TPSA) is 37.3 Å². The molecule has 0 bridgehead atoms. The number of allylic oxidation sites excluding steroid dienone is 3. The maximum Gasteiger partial charge on any atom is 0.196 e. The summed E-state index contributed by atoms with van der Waals surface area (Å²) in [5, 5.41) is 9.35. The van der Waals surface area contributed by atoms with Gasteiger partial charge in [0.1, 0.15) is 5.76 Å². The van der Waals surface area contributed by atoms with Crippen molar-refractivity contribution in [3.05, 3.63) is 70.9 Å². The molecular formula is C13H11BrO2. The van der Waals surface area contributed by atoms with E-state index in [1.807, 2.05) is 6.07 Å². The van der Waals surface area contributed by atoms with Gasteiger partial charge in [-0.15, -0.1) is 0 Å². The van der Waals surface area contributed by atoms with E-state index < -0.39 is 0 Å². The number of aliphatic hydroxyl groups is 1. The number of carbonyl (C=O) groups is 1. The van der Waals surface area contributed by atoms with E-state index in [4.69, 9.17) is 0 Å². The van der Waals surface area contributed by atoms with Gasteiger partial charge in [0.25, 0.3) is 0 Å². The smallest absolute Gasteiger partial charge is 0.196 e. The second-order valence-corrected chi connectivity index (χ2v) is 4.17. The third-order valence-electron chi connectivity index (χ3n) is 1.89. The molecule has 0 aliphatic heterocycles. The molecule has 2 nitrogen and oxygen atoms in total. The summed E-state index contributed by atoms with van der Waals surface area (Å²) in [5.74, 6) is -0.553. The average molecular weight is 279 g/mol. The number of ketones is 1. The van der Waals surface area contributed by atoms with Gasteiger partial charge in [-0.2, -0.15) is 0 Å². The number of hydrogen-bond donors (Lipinski definition) is 1. The van der Waals surface area contributed by atoms with Gasteiger partial charge in [0.05, 0.1) is 5.57 Å². The molecule has 16 heavy (non-hydrogen) atoms. The largest absolute Gasteiger partial charge is 0.508 e. The summed E-state index contributed by atoms with van der Waals surface area (Å²) in [6.07, 6.45) is 1.44. The van der Waals surface area contributed by atoms with Crippen LogP contribution in [0.3, 0.4) is 0 Å². The first-order valence-electron chi connectivity index (χ1n) is 4.56. The molecule has 1 N–H and O–H groups in total. The number of carbonyl (C=O) groups excluding carboxylic acids is 1. The van der Waals surface area contributed by atoms with Crippen molar-refractivity contribution >= 4 is 21.7 Å². The second kappa shape index (κ2) is 5.47. The minimum absolute atomic E-state index is 0.132. The van der Waals surface area contributed by atoms with Crippen LogP contribution in [0.2, 0.25) is 0 Å². The Morgan fingerprint density at radius 2 is 1.81 bits per heavy atom. The minimum Gasteiger partial charge on any atom is -0.508 e. The van der Waals surface area contributed by atoms with Crippen LogP contribution in [-0.2, 0) is 0 Å². The van der Waals surface area contributed by atoms with Crippen molar-refractivity contribution in [3.8, 4) is 0 Å². The lowest BCUT2D eigenvalue weighted by Gasteiger charge is -2.04. The van der Waals surface area contributed by atoms with Crippen molar-refractivity contribution in [2.24, 2.45) is 0 Å². The van der Waals surface area contributed by atoms with Gasteiger partial charge in [0.2, 0.25) is 0 Å². The minimum atomic E-state index is -0.284. The van der Waals surface area contributed by atoms with E-state index in [1.165, 1.54) is 6.08 Å². The van der Waals surface area contributed by atoms with Crippen molar-refractivity contribution < 1.29 is 9.90 Å². The van der Waals surface area contributed by atoms with Gasteiger partial charge < -0.3 is 5.11 Å². The van der Waals surface area contributed by atoms with Crippen LogP contribution in [0, 0.1) is 0 Å². The number of benzene rings is 1. The monoisotopic (exact) mass is 278 g/mol. The van der Waals surface area contributed by atoms with E-state index in [0.29, 0.717) is 10.0 Å². The summed E-state index contributed by atoms with van der Waals surface area (Å²) in [5.41, 5.74) is 0.630. The van der Waals surface area contributed by atoms with E-state index in [9.17, 15) is 9.90 Å². The zero-order valence-corrected chi connectivity index (χ0v) is 10.2. The van der Waals surface area contributed by atoms with Crippen molar-refractivity contribution in [1.82, 2.24) is 0 Å². The summed E-state index contributed by atoms with van der Waals surface area (Å²) >= 11 is 3.11. The summed E-state index contributed by atoms with van der Waals surface area (Å²) in [6, 6.07) is 8.69. The molecule has 3 heteroatoms. The highest BCUT2D eigenvalue weighted by atomic mass is 79.9. The molecule has 0 amide bonds. The third kappa shape index (κ3) is 3.21. The zero-order valence-electron chi connectivity index (χ0n) is 8.61. The van der Waals surface area contributed by atoms with E-state index in [0.717, 1.165) is 0 Å². The molecule has 0 atom stereocenters. The Kier molecular flexibility index (Phi) is 4.26. The van der Waals surface area contributed by atoms with Crippen molar-refractivity contribution in [2.75, 3.05) is 0 Å². The summed E-state index contributed by atoms with van der Waals surface area (Å²) in [4.78, 5) is 12.0. The second-order valence-electron chi connectivity index (χ2n) is 3.15. The number of rotatable bonds is 4. The van der Waals surface area contributed by atoms with Gasteiger partial charge in [0.15, 0.2) is 5.78 Å². The SMILES string of the molecule is C=C(Br)/C=C(\C(=C)O)C(=O)c1ccccc1. The molecule has 0 spiro atoms. The highest BCUT2D eigenvalue weighted by molar-refractivity contribution is 9.11. The van der Waals surface area contributed by atoms with Crippen LogP contribution < -0.4 is 0 Å². The number of aliphatic hydroxyl groups excluding tert-OH is 1. The predicted octanol–water partition coefficient (Wildman–Crippen LogP) is 3.78. The third-order valence-corrected chi connectivity index (χ3v) is 2.12. The summed E-state index contributed by atoms with van der Waals surface area (Å²) in [6.45, 7) is 6.95. The first-order valence-corrected chi connectivity index (χ1v) is 5.35. The molecule has 82 valence electrons. The normalized spacial score (nSPS) is 10.9. The Morgan fingerprint density at radius 3 is 2.25 bits per heavy atom. The molecule has 0 radical (unpaired) electrons. The van der Waals surface area contributed by atoms with Gasteiger partial charge in [0, 0.05) is 10.0 Å². The molecule has 1 aromatic carbocycles. The molecule has 0 aliphatic rings. The molecular weight excluding hydrogens is 268 g/mol. The lowest BCUT2D eigenvalue weighted by atomic mass is 10.0. The van der Waals surface area contributed by atoms with Gasteiger partial charge in [-0.3, -0.25) is 4.79 Å². The fourth-order valence-electron chi connectivity index (χ4n) is 1.18. The molecule has 1 aromatic rings. The molecule has 0 fully saturated rings. The molecule has 1 rings (SSSR count). The van der Waals surface area contributed by atoms with Gasteiger partial charge >= 0.3 is 0 Å². The van der Waals surface area contributed by atoms with Gasteiger partial charge in [-0.1, -0.05) is 59.4 Å². The quantitative estimate of drug-likeness (QED) is 0.394. The Balaban J connectivity index is 3.12. The van der Waals surface area contributed by atoms with Gasteiger partial charge in [-0.25, -0.2) is 0 Å². The lowest BCUT2D eigenvalue weighted by Crippen LogP contribution is -2.05.